The maximum atomic E-state index is 13.0. The van der Waals surface area contributed by atoms with Gasteiger partial charge >= 0.3 is 0 Å². The third-order valence-electron chi connectivity index (χ3n) is 4.79. The van der Waals surface area contributed by atoms with Gasteiger partial charge in [-0.1, -0.05) is 43.6 Å². The summed E-state index contributed by atoms with van der Waals surface area (Å²) < 4.78 is 33.8. The van der Waals surface area contributed by atoms with Crippen molar-refractivity contribution in [2.45, 2.75) is 33.4 Å². The number of anilines is 2. The number of carbonyl (C=O) groups excluding carboxylic acids is 1. The van der Waals surface area contributed by atoms with Gasteiger partial charge in [0.25, 0.3) is 0 Å². The molecule has 0 aromatic heterocycles. The lowest BCUT2D eigenvalue weighted by Gasteiger charge is -2.29. The van der Waals surface area contributed by atoms with E-state index in [1.807, 2.05) is 27.7 Å². The fraction of sp³-hybridized carbons (Fsp3) is 0.409. The van der Waals surface area contributed by atoms with Gasteiger partial charge in [-0.05, 0) is 43.5 Å². The molecular formula is C22H27ClN2O4S. The normalized spacial score (nSPS) is 16.1. The Morgan fingerprint density at radius 2 is 1.90 bits per heavy atom. The van der Waals surface area contributed by atoms with Gasteiger partial charge in [-0.2, -0.15) is 0 Å². The lowest BCUT2D eigenvalue weighted by atomic mass is 9.92. The molecule has 0 spiro atoms. The molecule has 0 aliphatic carbocycles. The Morgan fingerprint density at radius 1 is 1.20 bits per heavy atom. The van der Waals surface area contributed by atoms with Gasteiger partial charge in [0.05, 0.1) is 22.5 Å². The van der Waals surface area contributed by atoms with Gasteiger partial charge in [0.2, 0.25) is 15.9 Å². The van der Waals surface area contributed by atoms with Crippen molar-refractivity contribution >= 4 is 38.9 Å². The molecule has 0 saturated carbocycles. The molecule has 2 aromatic carbocycles. The number of nitrogens with one attached hydrogen (secondary N) is 1. The number of hydrogen-bond acceptors (Lipinski definition) is 4. The van der Waals surface area contributed by atoms with E-state index < -0.39 is 15.4 Å². The topological polar surface area (TPSA) is 75.7 Å². The van der Waals surface area contributed by atoms with Crippen LogP contribution in [-0.4, -0.2) is 27.5 Å². The number of sulfonamides is 1. The molecule has 0 atom stereocenters. The van der Waals surface area contributed by atoms with Crippen LogP contribution in [0.1, 0.15) is 33.3 Å². The molecule has 1 aliphatic heterocycles. The van der Waals surface area contributed by atoms with Crippen molar-refractivity contribution in [1.29, 1.82) is 0 Å². The number of fused-ring (bicyclic) bond motifs is 1. The van der Waals surface area contributed by atoms with E-state index in [0.29, 0.717) is 34.3 Å². The van der Waals surface area contributed by atoms with Gasteiger partial charge in [0.1, 0.15) is 12.4 Å². The first-order valence-corrected chi connectivity index (χ1v) is 11.8. The van der Waals surface area contributed by atoms with Crippen LogP contribution >= 0.6 is 11.6 Å². The van der Waals surface area contributed by atoms with Crippen molar-refractivity contribution in [2.24, 2.45) is 11.3 Å². The lowest BCUT2D eigenvalue weighted by Crippen LogP contribution is -2.43. The van der Waals surface area contributed by atoms with E-state index >= 15 is 0 Å². The SMILES string of the molecule is CC(C)CN1C(=O)C(C)(C)COc2cc(NS(=O)(=O)Cc3ccccc3Cl)ccc21. The first-order chi connectivity index (χ1) is 14.0. The van der Waals surface area contributed by atoms with E-state index in [2.05, 4.69) is 4.72 Å². The number of nitrogens with zero attached hydrogens (tertiary/aromatic N) is 1. The van der Waals surface area contributed by atoms with E-state index in [4.69, 9.17) is 16.3 Å². The first-order valence-electron chi connectivity index (χ1n) is 9.81. The van der Waals surface area contributed by atoms with Crippen LogP contribution in [0.25, 0.3) is 0 Å². The summed E-state index contributed by atoms with van der Waals surface area (Å²) in [5, 5.41) is 0.401. The predicted octanol–water partition coefficient (Wildman–Crippen LogP) is 4.69. The standard InChI is InChI=1S/C22H27ClN2O4S/c1-15(2)12-25-19-10-9-17(11-20(19)29-14-22(3,4)21(25)26)24-30(27,28)13-16-7-5-6-8-18(16)23/h5-11,15,24H,12-14H2,1-4H3. The van der Waals surface area contributed by atoms with E-state index in [1.54, 1.807) is 47.4 Å². The third-order valence-corrected chi connectivity index (χ3v) is 6.39. The summed E-state index contributed by atoms with van der Waals surface area (Å²) in [6, 6.07) is 11.8. The van der Waals surface area contributed by atoms with Gasteiger partial charge in [0.15, 0.2) is 0 Å². The Bertz CT molecular complexity index is 1050. The highest BCUT2D eigenvalue weighted by molar-refractivity contribution is 7.91. The van der Waals surface area contributed by atoms with Crippen molar-refractivity contribution in [3.05, 3.63) is 53.1 Å². The zero-order valence-electron chi connectivity index (χ0n) is 17.6. The molecule has 8 heteroatoms. The highest BCUT2D eigenvalue weighted by atomic mass is 35.5. The molecule has 3 rings (SSSR count). The van der Waals surface area contributed by atoms with Crippen molar-refractivity contribution in [1.82, 2.24) is 0 Å². The number of benzene rings is 2. The lowest BCUT2D eigenvalue weighted by molar-refractivity contribution is -0.127. The van der Waals surface area contributed by atoms with Crippen molar-refractivity contribution in [2.75, 3.05) is 22.8 Å². The number of ether oxygens (including phenoxy) is 1. The predicted molar refractivity (Wildman–Crippen MR) is 121 cm³/mol. The summed E-state index contributed by atoms with van der Waals surface area (Å²) >= 11 is 6.09. The van der Waals surface area contributed by atoms with Gasteiger partial charge < -0.3 is 9.64 Å². The number of hydrogen-bond donors (Lipinski definition) is 1. The molecule has 1 heterocycles. The summed E-state index contributed by atoms with van der Waals surface area (Å²) in [5.74, 6) is 0.495. The average Bonchev–Trinajstić information content (AvgIpc) is 2.73. The van der Waals surface area contributed by atoms with Crippen LogP contribution in [0.2, 0.25) is 5.02 Å². The van der Waals surface area contributed by atoms with Crippen LogP contribution in [-0.2, 0) is 20.6 Å². The zero-order valence-corrected chi connectivity index (χ0v) is 19.2. The first kappa shape index (κ1) is 22.4. The second-order valence-electron chi connectivity index (χ2n) is 8.62. The minimum Gasteiger partial charge on any atom is -0.490 e. The molecule has 6 nitrogen and oxygen atoms in total. The number of amides is 1. The van der Waals surface area contributed by atoms with Gasteiger partial charge in [-0.3, -0.25) is 9.52 Å². The number of halogens is 1. The van der Waals surface area contributed by atoms with Crippen LogP contribution in [0.5, 0.6) is 5.75 Å². The van der Waals surface area contributed by atoms with Crippen LogP contribution in [0.3, 0.4) is 0 Å². The minimum atomic E-state index is -3.68. The Hall–Kier alpha value is -2.25. The van der Waals surface area contributed by atoms with Crippen molar-refractivity contribution in [3.63, 3.8) is 0 Å². The smallest absolute Gasteiger partial charge is 0.236 e. The second kappa shape index (κ2) is 8.47. The molecule has 162 valence electrons. The second-order valence-corrected chi connectivity index (χ2v) is 10.7. The molecule has 0 fully saturated rings. The maximum Gasteiger partial charge on any atom is 0.236 e. The molecule has 30 heavy (non-hydrogen) atoms. The largest absolute Gasteiger partial charge is 0.490 e. The van der Waals surface area contributed by atoms with Crippen molar-refractivity contribution in [3.8, 4) is 5.75 Å². The minimum absolute atomic E-state index is 0.0120. The van der Waals surface area contributed by atoms with E-state index in [1.165, 1.54) is 0 Å². The maximum absolute atomic E-state index is 13.0. The molecule has 0 unspecified atom stereocenters. The summed E-state index contributed by atoms with van der Waals surface area (Å²) in [4.78, 5) is 14.8. The number of rotatable bonds is 6. The van der Waals surface area contributed by atoms with Crippen LogP contribution < -0.4 is 14.4 Å². The summed E-state index contributed by atoms with van der Waals surface area (Å²) in [7, 11) is -3.68. The molecule has 2 aromatic rings. The van der Waals surface area contributed by atoms with E-state index in [-0.39, 0.29) is 24.2 Å². The van der Waals surface area contributed by atoms with Gasteiger partial charge in [-0.15, -0.1) is 0 Å². The van der Waals surface area contributed by atoms with Crippen molar-refractivity contribution < 1.29 is 17.9 Å². The van der Waals surface area contributed by atoms with E-state index in [9.17, 15) is 13.2 Å². The summed E-state index contributed by atoms with van der Waals surface area (Å²) in [5.41, 5.74) is 0.858. The molecular weight excluding hydrogens is 424 g/mol. The average molecular weight is 451 g/mol. The fourth-order valence-electron chi connectivity index (χ4n) is 3.29. The molecule has 0 radical (unpaired) electrons. The van der Waals surface area contributed by atoms with Crippen LogP contribution in [0.15, 0.2) is 42.5 Å². The summed E-state index contributed by atoms with van der Waals surface area (Å²) in [6.45, 7) is 8.55. The highest BCUT2D eigenvalue weighted by Crippen LogP contribution is 2.38. The zero-order chi connectivity index (χ0) is 22.1. The summed E-state index contributed by atoms with van der Waals surface area (Å²) in [6.07, 6.45) is 0. The van der Waals surface area contributed by atoms with E-state index in [0.717, 1.165) is 0 Å². The molecule has 1 amide bonds. The van der Waals surface area contributed by atoms with Crippen LogP contribution in [0.4, 0.5) is 11.4 Å². The fourth-order valence-corrected chi connectivity index (χ4v) is 4.79. The Labute approximate surface area is 183 Å². The quantitative estimate of drug-likeness (QED) is 0.692. The molecule has 1 aliphatic rings. The monoisotopic (exact) mass is 450 g/mol. The van der Waals surface area contributed by atoms with Gasteiger partial charge in [-0.25, -0.2) is 8.42 Å². The highest BCUT2D eigenvalue weighted by Gasteiger charge is 2.38. The molecule has 1 N–H and O–H groups in total. The molecule has 0 bridgehead atoms. The molecule has 0 saturated heterocycles. The van der Waals surface area contributed by atoms with Gasteiger partial charge in [0, 0.05) is 17.6 Å². The number of carbonyl (C=O) groups is 1. The Kier molecular flexibility index (Phi) is 6.34. The Morgan fingerprint density at radius 3 is 2.57 bits per heavy atom. The van der Waals surface area contributed by atoms with Crippen LogP contribution in [0, 0.1) is 11.3 Å². The third kappa shape index (κ3) is 5.08. The Balaban J connectivity index is 1.89.